The number of H-pyrrole nitrogens is 2. The lowest BCUT2D eigenvalue weighted by Crippen LogP contribution is -2.18. The Labute approximate surface area is 150 Å². The molecule has 1 atom stereocenters. The molecule has 0 aliphatic heterocycles. The van der Waals surface area contributed by atoms with Crippen molar-refractivity contribution in [3.63, 3.8) is 0 Å². The van der Waals surface area contributed by atoms with Crippen LogP contribution < -0.4 is 5.56 Å². The van der Waals surface area contributed by atoms with Gasteiger partial charge in [0.05, 0.1) is 10.9 Å². The molecule has 134 valence electrons. The van der Waals surface area contributed by atoms with Crippen LogP contribution in [-0.2, 0) is 6.42 Å². The molecule has 0 fully saturated rings. The van der Waals surface area contributed by atoms with Crippen LogP contribution in [0.1, 0.15) is 65.0 Å². The second kappa shape index (κ2) is 7.82. The van der Waals surface area contributed by atoms with E-state index in [4.69, 9.17) is 0 Å². The molecule has 2 rings (SSSR count). The van der Waals surface area contributed by atoms with Crippen molar-refractivity contribution >= 4 is 23.3 Å². The minimum atomic E-state index is -0.448. The third-order valence-corrected chi connectivity index (χ3v) is 4.96. The van der Waals surface area contributed by atoms with Gasteiger partial charge < -0.3 is 9.97 Å². The molecule has 0 amide bonds. The highest BCUT2D eigenvalue weighted by atomic mass is 32.2. The minimum Gasteiger partial charge on any atom is -0.355 e. The Bertz CT molecular complexity index is 867. The molecule has 0 aliphatic rings. The van der Waals surface area contributed by atoms with Gasteiger partial charge in [0.1, 0.15) is 0 Å². The molecule has 0 aliphatic carbocycles. The summed E-state index contributed by atoms with van der Waals surface area (Å²) >= 11 is 1.21. The number of aromatic amines is 2. The zero-order chi connectivity index (χ0) is 18.7. The predicted octanol–water partition coefficient (Wildman–Crippen LogP) is 3.23. The number of aryl methyl sites for hydroxylation is 2. The maximum Gasteiger partial charge on any atom is 0.251 e. The van der Waals surface area contributed by atoms with Crippen molar-refractivity contribution in [2.24, 2.45) is 0 Å². The fraction of sp³-hybridized carbons (Fsp3) is 0.444. The first-order valence-electron chi connectivity index (χ1n) is 8.25. The standard InChI is InChI=1S/C18H23N3O3S/c1-6-7-13-8-14(23)21-18(20-13)25-12(5)17(24)16-9(2)15(11(4)22)10(3)19-16/h8,12,19H,6-7H2,1-5H3,(H,20,21,23)/t12-/m0/s1. The molecule has 0 bridgehead atoms. The van der Waals surface area contributed by atoms with E-state index in [1.807, 2.05) is 6.92 Å². The van der Waals surface area contributed by atoms with Crippen molar-refractivity contribution in [2.75, 3.05) is 0 Å². The summed E-state index contributed by atoms with van der Waals surface area (Å²) in [5.74, 6) is -0.189. The van der Waals surface area contributed by atoms with Crippen molar-refractivity contribution in [2.45, 2.75) is 57.9 Å². The lowest BCUT2D eigenvalue weighted by atomic mass is 10.0. The van der Waals surface area contributed by atoms with Gasteiger partial charge in [-0.3, -0.25) is 14.4 Å². The van der Waals surface area contributed by atoms with E-state index in [9.17, 15) is 14.4 Å². The van der Waals surface area contributed by atoms with E-state index in [1.54, 1.807) is 20.8 Å². The highest BCUT2D eigenvalue weighted by Crippen LogP contribution is 2.26. The first kappa shape index (κ1) is 19.2. The number of thioether (sulfide) groups is 1. The van der Waals surface area contributed by atoms with Crippen LogP contribution in [0, 0.1) is 13.8 Å². The molecular weight excluding hydrogens is 338 g/mol. The summed E-state index contributed by atoms with van der Waals surface area (Å²) in [5.41, 5.74) is 2.88. The van der Waals surface area contributed by atoms with E-state index in [2.05, 4.69) is 15.0 Å². The molecule has 0 radical (unpaired) electrons. The molecule has 7 heteroatoms. The van der Waals surface area contributed by atoms with E-state index in [1.165, 1.54) is 24.8 Å². The number of rotatable bonds is 7. The van der Waals surface area contributed by atoms with Crippen LogP contribution in [0.2, 0.25) is 0 Å². The molecule has 2 N–H and O–H groups in total. The summed E-state index contributed by atoms with van der Waals surface area (Å²) in [6.07, 6.45) is 1.61. The van der Waals surface area contributed by atoms with Gasteiger partial charge >= 0.3 is 0 Å². The Kier molecular flexibility index (Phi) is 6.00. The van der Waals surface area contributed by atoms with Crippen molar-refractivity contribution in [3.8, 4) is 0 Å². The molecule has 2 aromatic rings. The average Bonchev–Trinajstić information content (AvgIpc) is 2.80. The third kappa shape index (κ3) is 4.28. The van der Waals surface area contributed by atoms with E-state index in [0.717, 1.165) is 18.5 Å². The molecule has 25 heavy (non-hydrogen) atoms. The fourth-order valence-corrected chi connectivity index (χ4v) is 3.76. The smallest absolute Gasteiger partial charge is 0.251 e. The monoisotopic (exact) mass is 361 g/mol. The summed E-state index contributed by atoms with van der Waals surface area (Å²) in [5, 5.41) is -0.0129. The zero-order valence-corrected chi connectivity index (χ0v) is 16.0. The first-order chi connectivity index (χ1) is 11.7. The molecule has 0 saturated heterocycles. The molecule has 6 nitrogen and oxygen atoms in total. The average molecular weight is 361 g/mol. The first-order valence-corrected chi connectivity index (χ1v) is 9.13. The van der Waals surface area contributed by atoms with Crippen molar-refractivity contribution in [1.82, 2.24) is 15.0 Å². The predicted molar refractivity (Wildman–Crippen MR) is 98.8 cm³/mol. The number of nitrogens with one attached hydrogen (secondary N) is 2. The van der Waals surface area contributed by atoms with Crippen LogP contribution in [0.5, 0.6) is 0 Å². The molecule has 0 unspecified atom stereocenters. The number of hydrogen-bond donors (Lipinski definition) is 2. The third-order valence-electron chi connectivity index (χ3n) is 3.97. The van der Waals surface area contributed by atoms with E-state index < -0.39 is 5.25 Å². The normalized spacial score (nSPS) is 12.2. The molecule has 2 aromatic heterocycles. The topological polar surface area (TPSA) is 95.7 Å². The maximum atomic E-state index is 12.8. The summed E-state index contributed by atoms with van der Waals surface area (Å²) in [6.45, 7) is 8.83. The molecular formula is C18H23N3O3S. The lowest BCUT2D eigenvalue weighted by Gasteiger charge is -2.10. The minimum absolute atomic E-state index is 0.0659. The number of Topliss-reactive ketones (excluding diaryl/α,β-unsaturated/α-hetero) is 2. The van der Waals surface area contributed by atoms with Gasteiger partial charge in [0.25, 0.3) is 5.56 Å². The van der Waals surface area contributed by atoms with Gasteiger partial charge in [0, 0.05) is 23.0 Å². The van der Waals surface area contributed by atoms with Crippen molar-refractivity contribution < 1.29 is 9.59 Å². The summed E-state index contributed by atoms with van der Waals surface area (Å²) in [7, 11) is 0. The molecule has 0 spiro atoms. The van der Waals surface area contributed by atoms with Gasteiger partial charge in [-0.05, 0) is 39.7 Å². The maximum absolute atomic E-state index is 12.8. The highest BCUT2D eigenvalue weighted by Gasteiger charge is 2.24. The van der Waals surface area contributed by atoms with E-state index in [0.29, 0.717) is 27.7 Å². The molecule has 0 aromatic carbocycles. The van der Waals surface area contributed by atoms with Gasteiger partial charge in [-0.25, -0.2) is 4.98 Å². The number of aromatic nitrogens is 3. The van der Waals surface area contributed by atoms with Crippen molar-refractivity contribution in [1.29, 1.82) is 0 Å². The Morgan fingerprint density at radius 2 is 1.96 bits per heavy atom. The largest absolute Gasteiger partial charge is 0.355 e. The van der Waals surface area contributed by atoms with Gasteiger partial charge in [-0.15, -0.1) is 0 Å². The van der Waals surface area contributed by atoms with E-state index in [-0.39, 0.29) is 17.1 Å². The van der Waals surface area contributed by atoms with Crippen LogP contribution in [-0.4, -0.2) is 31.8 Å². The summed E-state index contributed by atoms with van der Waals surface area (Å²) in [6, 6.07) is 1.48. The van der Waals surface area contributed by atoms with E-state index >= 15 is 0 Å². The second-order valence-corrected chi connectivity index (χ2v) is 7.43. The van der Waals surface area contributed by atoms with Gasteiger partial charge in [0.15, 0.2) is 16.7 Å². The fourth-order valence-electron chi connectivity index (χ4n) is 2.87. The second-order valence-electron chi connectivity index (χ2n) is 6.10. The number of hydrogen-bond acceptors (Lipinski definition) is 5. The Morgan fingerprint density at radius 3 is 2.52 bits per heavy atom. The van der Waals surface area contributed by atoms with Crippen LogP contribution in [0.4, 0.5) is 0 Å². The molecule has 0 saturated carbocycles. The Hall–Kier alpha value is -2.15. The SMILES string of the molecule is CCCc1cc(=O)[nH]c(S[C@@H](C)C(=O)c2[nH]c(C)c(C(C)=O)c2C)n1. The van der Waals surface area contributed by atoms with Gasteiger partial charge in [-0.1, -0.05) is 25.1 Å². The number of carbonyl (C=O) groups excluding carboxylic acids is 2. The van der Waals surface area contributed by atoms with Crippen molar-refractivity contribution in [3.05, 3.63) is 44.6 Å². The summed E-state index contributed by atoms with van der Waals surface area (Å²) in [4.78, 5) is 46.4. The number of carbonyl (C=O) groups is 2. The van der Waals surface area contributed by atoms with Crippen LogP contribution in [0.3, 0.4) is 0 Å². The quantitative estimate of drug-likeness (QED) is 0.448. The molecule has 2 heterocycles. The Balaban J connectivity index is 2.26. The lowest BCUT2D eigenvalue weighted by molar-refractivity contribution is 0.0988. The van der Waals surface area contributed by atoms with Crippen LogP contribution in [0.15, 0.2) is 16.0 Å². The van der Waals surface area contributed by atoms with Gasteiger partial charge in [0.2, 0.25) is 0 Å². The summed E-state index contributed by atoms with van der Waals surface area (Å²) < 4.78 is 0. The number of nitrogens with zero attached hydrogens (tertiary/aromatic N) is 1. The van der Waals surface area contributed by atoms with Crippen LogP contribution in [0.25, 0.3) is 0 Å². The zero-order valence-electron chi connectivity index (χ0n) is 15.1. The van der Waals surface area contributed by atoms with Gasteiger partial charge in [-0.2, -0.15) is 0 Å². The Morgan fingerprint density at radius 1 is 1.28 bits per heavy atom. The van der Waals surface area contributed by atoms with Crippen LogP contribution >= 0.6 is 11.8 Å². The number of ketones is 2. The highest BCUT2D eigenvalue weighted by molar-refractivity contribution is 8.00.